The van der Waals surface area contributed by atoms with E-state index in [4.69, 9.17) is 23.2 Å². The molecule has 0 bridgehead atoms. The number of rotatable bonds is 0. The molecule has 0 unspecified atom stereocenters. The van der Waals surface area contributed by atoms with Crippen molar-refractivity contribution in [2.75, 3.05) is 0 Å². The molecular weight excluding hydrogens is 275 g/mol. The second-order valence-corrected chi connectivity index (χ2v) is 5.05. The predicted octanol–water partition coefficient (Wildman–Crippen LogP) is 5.50. The molecule has 0 aliphatic heterocycles. The van der Waals surface area contributed by atoms with Crippen molar-refractivity contribution in [3.8, 4) is 11.1 Å². The Hall–Kier alpha value is -1.90. The molecule has 0 aromatic heterocycles. The topological polar surface area (TPSA) is 0 Å². The van der Waals surface area contributed by atoms with Crippen LogP contribution < -0.4 is 0 Å². The van der Waals surface area contributed by atoms with Crippen LogP contribution in [0.5, 0.6) is 0 Å². The first-order valence-electron chi connectivity index (χ1n) is 5.71. The summed E-state index contributed by atoms with van der Waals surface area (Å²) < 4.78 is 0. The van der Waals surface area contributed by atoms with E-state index in [2.05, 4.69) is 23.8 Å². The van der Waals surface area contributed by atoms with Crippen molar-refractivity contribution >= 4 is 28.8 Å². The van der Waals surface area contributed by atoms with Gasteiger partial charge in [-0.15, -0.1) is 0 Å². The molecule has 0 saturated carbocycles. The fraction of sp³-hybridized carbons (Fsp3) is 0. The fourth-order valence-electron chi connectivity index (χ4n) is 2.30. The monoisotopic (exact) mass is 282 g/mol. The smallest absolute Gasteiger partial charge is 0.0413 e. The summed E-state index contributed by atoms with van der Waals surface area (Å²) in [6.07, 6.45) is 0. The summed E-state index contributed by atoms with van der Waals surface area (Å²) >= 11 is 12.2. The third-order valence-corrected chi connectivity index (χ3v) is 3.54. The Morgan fingerprint density at radius 3 is 1.79 bits per heavy atom. The van der Waals surface area contributed by atoms with Gasteiger partial charge in [-0.05, 0) is 47.7 Å². The maximum atomic E-state index is 6.08. The van der Waals surface area contributed by atoms with Gasteiger partial charge in [-0.25, -0.2) is 0 Å². The minimum Gasteiger partial charge on any atom is -0.0843 e. The lowest BCUT2D eigenvalue weighted by Crippen LogP contribution is -1.79. The van der Waals surface area contributed by atoms with Crippen LogP contribution in [0.4, 0.5) is 0 Å². The van der Waals surface area contributed by atoms with Crippen molar-refractivity contribution in [2.45, 2.75) is 0 Å². The van der Waals surface area contributed by atoms with Crippen molar-refractivity contribution in [3.63, 3.8) is 0 Å². The summed E-state index contributed by atoms with van der Waals surface area (Å²) in [5.41, 5.74) is 13.7. The minimum absolute atomic E-state index is 0.694. The number of hydrogen-bond acceptors (Lipinski definition) is 0. The van der Waals surface area contributed by atoms with Gasteiger partial charge in [0.25, 0.3) is 0 Å². The SMILES string of the molecule is C=C=C=C=C1c2cc(Cl)ccc2-c2ccc(Cl)cc21. The van der Waals surface area contributed by atoms with Gasteiger partial charge in [0, 0.05) is 26.7 Å². The largest absolute Gasteiger partial charge is 0.0843 e. The minimum atomic E-state index is 0.694. The van der Waals surface area contributed by atoms with E-state index in [0.29, 0.717) is 10.0 Å². The van der Waals surface area contributed by atoms with Crippen LogP contribution in [-0.2, 0) is 0 Å². The van der Waals surface area contributed by atoms with Gasteiger partial charge in [-0.2, -0.15) is 0 Å². The van der Waals surface area contributed by atoms with E-state index in [1.165, 1.54) is 0 Å². The van der Waals surface area contributed by atoms with Gasteiger partial charge in [-0.1, -0.05) is 46.8 Å². The molecule has 1 aliphatic rings. The summed E-state index contributed by atoms with van der Waals surface area (Å²) in [5, 5.41) is 1.39. The maximum Gasteiger partial charge on any atom is 0.0413 e. The first-order valence-corrected chi connectivity index (χ1v) is 6.46. The van der Waals surface area contributed by atoms with Crippen molar-refractivity contribution in [2.24, 2.45) is 0 Å². The molecule has 0 saturated heterocycles. The van der Waals surface area contributed by atoms with Gasteiger partial charge in [0.2, 0.25) is 0 Å². The van der Waals surface area contributed by atoms with Crippen LogP contribution in [0.25, 0.3) is 16.7 Å². The standard InChI is InChI=1S/C17H8Cl2/c1-2-3-4-13-16-9-11(18)5-7-14(16)15-8-6-12(19)10-17(13)15/h5-10H,1H2. The quantitative estimate of drug-likeness (QED) is 0.478. The van der Waals surface area contributed by atoms with Crippen LogP contribution in [0.2, 0.25) is 10.0 Å². The summed E-state index contributed by atoms with van der Waals surface area (Å²) in [6.45, 7) is 3.50. The first-order chi connectivity index (χ1) is 9.20. The zero-order chi connectivity index (χ0) is 13.4. The summed E-state index contributed by atoms with van der Waals surface area (Å²) in [5.74, 6) is 0. The van der Waals surface area contributed by atoms with Crippen LogP contribution in [0.1, 0.15) is 11.1 Å². The van der Waals surface area contributed by atoms with Crippen molar-refractivity contribution in [1.82, 2.24) is 0 Å². The van der Waals surface area contributed by atoms with Gasteiger partial charge >= 0.3 is 0 Å². The lowest BCUT2D eigenvalue weighted by molar-refractivity contribution is 1.64. The third-order valence-electron chi connectivity index (χ3n) is 3.07. The molecule has 0 amide bonds. The van der Waals surface area contributed by atoms with Gasteiger partial charge in [-0.3, -0.25) is 0 Å². The van der Waals surface area contributed by atoms with E-state index in [1.807, 2.05) is 36.4 Å². The van der Waals surface area contributed by atoms with E-state index >= 15 is 0 Å². The number of hydrogen-bond donors (Lipinski definition) is 0. The lowest BCUT2D eigenvalue weighted by atomic mass is 10.1. The molecule has 19 heavy (non-hydrogen) atoms. The van der Waals surface area contributed by atoms with Gasteiger partial charge in [0.1, 0.15) is 0 Å². The molecule has 0 atom stereocenters. The third kappa shape index (κ3) is 1.99. The number of fused-ring (bicyclic) bond motifs is 3. The average molecular weight is 283 g/mol. The van der Waals surface area contributed by atoms with E-state index in [-0.39, 0.29) is 0 Å². The Morgan fingerprint density at radius 1 is 0.789 bits per heavy atom. The Labute approximate surface area is 121 Å². The summed E-state index contributed by atoms with van der Waals surface area (Å²) in [6, 6.07) is 11.6. The van der Waals surface area contributed by atoms with Crippen LogP contribution >= 0.6 is 23.2 Å². The second kappa shape index (κ2) is 4.65. The average Bonchev–Trinajstić information content (AvgIpc) is 2.68. The Balaban J connectivity index is 2.46. The zero-order valence-corrected chi connectivity index (χ0v) is 11.4. The molecular formula is C17H8Cl2. The highest BCUT2D eigenvalue weighted by Crippen LogP contribution is 2.45. The van der Waals surface area contributed by atoms with E-state index < -0.39 is 0 Å². The van der Waals surface area contributed by atoms with Crippen LogP contribution in [-0.4, -0.2) is 0 Å². The van der Waals surface area contributed by atoms with E-state index in [0.717, 1.165) is 27.8 Å². The van der Waals surface area contributed by atoms with Gasteiger partial charge in [0.05, 0.1) is 0 Å². The van der Waals surface area contributed by atoms with Crippen molar-refractivity contribution in [1.29, 1.82) is 0 Å². The molecule has 1 aliphatic carbocycles. The number of halogens is 2. The normalized spacial score (nSPS) is 11.2. The van der Waals surface area contributed by atoms with E-state index in [9.17, 15) is 0 Å². The molecule has 2 aromatic rings. The number of benzene rings is 2. The van der Waals surface area contributed by atoms with Crippen molar-refractivity contribution < 1.29 is 0 Å². The first kappa shape index (κ1) is 12.2. The Bertz CT molecular complexity index is 758. The van der Waals surface area contributed by atoms with Crippen LogP contribution in [0, 0.1) is 0 Å². The Kier molecular flexibility index (Phi) is 2.97. The predicted molar refractivity (Wildman–Crippen MR) is 80.6 cm³/mol. The molecule has 3 rings (SSSR count). The highest BCUT2D eigenvalue weighted by Gasteiger charge is 2.23. The van der Waals surface area contributed by atoms with E-state index in [1.54, 1.807) is 0 Å². The van der Waals surface area contributed by atoms with Crippen LogP contribution in [0.3, 0.4) is 0 Å². The molecule has 0 heterocycles. The molecule has 90 valence electrons. The van der Waals surface area contributed by atoms with Crippen LogP contribution in [0.15, 0.2) is 60.2 Å². The highest BCUT2D eigenvalue weighted by molar-refractivity contribution is 6.32. The zero-order valence-electron chi connectivity index (χ0n) is 9.93. The van der Waals surface area contributed by atoms with Gasteiger partial charge in [0.15, 0.2) is 0 Å². The molecule has 0 spiro atoms. The molecule has 2 aromatic carbocycles. The second-order valence-electron chi connectivity index (χ2n) is 4.18. The highest BCUT2D eigenvalue weighted by atomic mass is 35.5. The fourth-order valence-corrected chi connectivity index (χ4v) is 2.65. The molecule has 0 N–H and O–H groups in total. The molecule has 2 heteroatoms. The molecule has 0 radical (unpaired) electrons. The van der Waals surface area contributed by atoms with Crippen molar-refractivity contribution in [3.05, 3.63) is 81.3 Å². The Morgan fingerprint density at radius 2 is 1.32 bits per heavy atom. The molecule has 0 fully saturated rings. The van der Waals surface area contributed by atoms with Gasteiger partial charge < -0.3 is 0 Å². The summed E-state index contributed by atoms with van der Waals surface area (Å²) in [4.78, 5) is 0. The maximum absolute atomic E-state index is 6.08. The lowest BCUT2D eigenvalue weighted by Gasteiger charge is -1.99. The molecule has 0 nitrogen and oxygen atoms in total. The summed E-state index contributed by atoms with van der Waals surface area (Å²) in [7, 11) is 0.